The van der Waals surface area contributed by atoms with E-state index in [9.17, 15) is 14.4 Å². The van der Waals surface area contributed by atoms with E-state index in [-0.39, 0.29) is 18.6 Å². The predicted molar refractivity (Wildman–Crippen MR) is 125 cm³/mol. The number of rotatable bonds is 3. The summed E-state index contributed by atoms with van der Waals surface area (Å²) in [6.07, 6.45) is 1.96. The molecule has 1 aromatic carbocycles. The number of carbonyl (C=O) groups is 2. The van der Waals surface area contributed by atoms with Gasteiger partial charge >= 0.3 is 11.9 Å². The average molecular weight is 458 g/mol. The largest absolute Gasteiger partial charge is 0.457 e. The second-order valence-electron chi connectivity index (χ2n) is 8.65. The third-order valence-electron chi connectivity index (χ3n) is 6.91. The molecule has 9 nitrogen and oxygen atoms in total. The number of hydrogen-bond donors (Lipinski definition) is 0. The number of cyclic esters (lactones) is 1. The second kappa shape index (κ2) is 6.99. The van der Waals surface area contributed by atoms with Crippen LogP contribution in [0.3, 0.4) is 0 Å². The molecule has 1 atom stereocenters. The SMILES string of the molecule is CCN1C=Nc2cccc3nc4c(c1c23)Cn1c-4cc2c(c1=O)COC(=O)[C@@]2(CC)OC(C)=O. The Morgan fingerprint density at radius 1 is 1.24 bits per heavy atom. The van der Waals surface area contributed by atoms with Gasteiger partial charge in [0.05, 0.1) is 52.1 Å². The molecule has 3 aromatic rings. The van der Waals surface area contributed by atoms with E-state index in [0.29, 0.717) is 35.6 Å². The number of aliphatic imine (C=N–C) groups is 1. The zero-order valence-electron chi connectivity index (χ0n) is 19.0. The van der Waals surface area contributed by atoms with Gasteiger partial charge in [-0.2, -0.15) is 0 Å². The fourth-order valence-electron chi connectivity index (χ4n) is 5.34. The normalized spacial score (nSPS) is 19.5. The first-order chi connectivity index (χ1) is 16.4. The lowest BCUT2D eigenvalue weighted by molar-refractivity contribution is -0.188. The molecular formula is C25H22N4O5. The van der Waals surface area contributed by atoms with Crippen molar-refractivity contribution < 1.29 is 19.1 Å². The molecule has 0 amide bonds. The third-order valence-corrected chi connectivity index (χ3v) is 6.91. The van der Waals surface area contributed by atoms with Gasteiger partial charge < -0.3 is 18.9 Å². The molecule has 0 saturated heterocycles. The number of aromatic nitrogens is 2. The van der Waals surface area contributed by atoms with Crippen molar-refractivity contribution >= 4 is 40.6 Å². The van der Waals surface area contributed by atoms with Crippen LogP contribution < -0.4 is 10.5 Å². The standard InChI is InChI=1S/C25H22N4O5/c1-4-25(34-13(3)30)16-9-19-21-14(10-29(19)23(31)15(16)11-33-24(25)32)22-20-17(26-12-28(22)5-2)7-6-8-18(20)27-21/h6-9,12H,4-5,10-11H2,1-3H3/t25-/m0/s1. The highest BCUT2D eigenvalue weighted by atomic mass is 16.6. The average Bonchev–Trinajstić information content (AvgIpc) is 3.20. The zero-order valence-corrected chi connectivity index (χ0v) is 19.0. The van der Waals surface area contributed by atoms with Crippen LogP contribution in [0.15, 0.2) is 34.1 Å². The Morgan fingerprint density at radius 3 is 2.79 bits per heavy atom. The molecule has 0 N–H and O–H groups in total. The lowest BCUT2D eigenvalue weighted by atomic mass is 9.85. The van der Waals surface area contributed by atoms with Gasteiger partial charge in [0.1, 0.15) is 6.61 Å². The molecule has 3 aliphatic rings. The van der Waals surface area contributed by atoms with Crippen LogP contribution in [0.1, 0.15) is 43.9 Å². The molecule has 172 valence electrons. The Hall–Kier alpha value is -4.01. The van der Waals surface area contributed by atoms with E-state index in [4.69, 9.17) is 14.5 Å². The highest BCUT2D eigenvalue weighted by Crippen LogP contribution is 2.46. The van der Waals surface area contributed by atoms with Crippen molar-refractivity contribution in [3.63, 3.8) is 0 Å². The quantitative estimate of drug-likeness (QED) is 0.435. The first kappa shape index (κ1) is 20.6. The highest BCUT2D eigenvalue weighted by Gasteiger charge is 2.50. The summed E-state index contributed by atoms with van der Waals surface area (Å²) in [6, 6.07) is 7.57. The van der Waals surface area contributed by atoms with Gasteiger partial charge in [-0.25, -0.2) is 14.8 Å². The van der Waals surface area contributed by atoms with Crippen molar-refractivity contribution in [1.29, 1.82) is 0 Å². The third kappa shape index (κ3) is 2.52. The summed E-state index contributed by atoms with van der Waals surface area (Å²) in [5, 5.41) is 0.956. The van der Waals surface area contributed by atoms with E-state index < -0.39 is 17.5 Å². The summed E-state index contributed by atoms with van der Waals surface area (Å²) in [4.78, 5) is 50.0. The summed E-state index contributed by atoms with van der Waals surface area (Å²) in [5.74, 6) is -1.29. The number of fused-ring (bicyclic) bond motifs is 5. The Bertz CT molecular complexity index is 1520. The van der Waals surface area contributed by atoms with Gasteiger partial charge in [-0.3, -0.25) is 9.59 Å². The molecule has 0 fully saturated rings. The number of anilines is 1. The molecule has 5 heterocycles. The van der Waals surface area contributed by atoms with Crippen LogP contribution in [-0.2, 0) is 37.8 Å². The van der Waals surface area contributed by atoms with Crippen molar-refractivity contribution in [3.05, 3.63) is 51.3 Å². The number of pyridine rings is 2. The van der Waals surface area contributed by atoms with Gasteiger partial charge in [0.25, 0.3) is 5.56 Å². The number of benzene rings is 1. The van der Waals surface area contributed by atoms with E-state index in [1.54, 1.807) is 17.6 Å². The molecular weight excluding hydrogens is 436 g/mol. The first-order valence-electron chi connectivity index (χ1n) is 11.3. The first-order valence-corrected chi connectivity index (χ1v) is 11.3. The van der Waals surface area contributed by atoms with Gasteiger partial charge in [0.15, 0.2) is 0 Å². The number of ether oxygens (including phenoxy) is 2. The number of hydrogen-bond acceptors (Lipinski definition) is 8. The molecule has 0 spiro atoms. The van der Waals surface area contributed by atoms with Crippen LogP contribution in [0.2, 0.25) is 0 Å². The number of nitrogens with zero attached hydrogens (tertiary/aromatic N) is 4. The van der Waals surface area contributed by atoms with Crippen LogP contribution in [0.4, 0.5) is 11.4 Å². The second-order valence-corrected chi connectivity index (χ2v) is 8.65. The smallest absolute Gasteiger partial charge is 0.355 e. The van der Waals surface area contributed by atoms with Crippen molar-refractivity contribution in [1.82, 2.24) is 9.55 Å². The van der Waals surface area contributed by atoms with E-state index >= 15 is 0 Å². The van der Waals surface area contributed by atoms with Crippen molar-refractivity contribution in [2.24, 2.45) is 4.99 Å². The zero-order chi connectivity index (χ0) is 23.8. The highest BCUT2D eigenvalue weighted by molar-refractivity contribution is 6.11. The summed E-state index contributed by atoms with van der Waals surface area (Å²) in [6.45, 7) is 5.91. The van der Waals surface area contributed by atoms with Gasteiger partial charge in [-0.1, -0.05) is 13.0 Å². The molecule has 9 heteroatoms. The maximum absolute atomic E-state index is 13.7. The molecule has 0 aliphatic carbocycles. The Kier molecular flexibility index (Phi) is 4.23. The van der Waals surface area contributed by atoms with E-state index in [0.717, 1.165) is 27.8 Å². The topological polar surface area (TPSA) is 103 Å². The van der Waals surface area contributed by atoms with Gasteiger partial charge in [0.2, 0.25) is 5.60 Å². The lowest BCUT2D eigenvalue weighted by Gasteiger charge is -2.35. The maximum atomic E-state index is 13.7. The number of esters is 2. The monoisotopic (exact) mass is 458 g/mol. The molecule has 0 unspecified atom stereocenters. The molecule has 0 saturated carbocycles. The molecule has 6 rings (SSSR count). The summed E-state index contributed by atoms with van der Waals surface area (Å²) in [7, 11) is 0. The maximum Gasteiger partial charge on any atom is 0.355 e. The van der Waals surface area contributed by atoms with Crippen LogP contribution in [-0.4, -0.2) is 34.4 Å². The van der Waals surface area contributed by atoms with Crippen LogP contribution in [0.25, 0.3) is 22.3 Å². The molecule has 34 heavy (non-hydrogen) atoms. The molecule has 3 aliphatic heterocycles. The lowest BCUT2D eigenvalue weighted by Crippen LogP contribution is -2.47. The van der Waals surface area contributed by atoms with Crippen LogP contribution >= 0.6 is 0 Å². The van der Waals surface area contributed by atoms with Gasteiger partial charge in [-0.15, -0.1) is 0 Å². The van der Waals surface area contributed by atoms with Gasteiger partial charge in [0, 0.05) is 24.6 Å². The Labute approximate surface area is 194 Å². The summed E-state index contributed by atoms with van der Waals surface area (Å²) < 4.78 is 12.5. The fourth-order valence-corrected chi connectivity index (χ4v) is 5.34. The van der Waals surface area contributed by atoms with E-state index in [1.165, 1.54) is 6.92 Å². The van der Waals surface area contributed by atoms with E-state index in [1.807, 2.05) is 31.5 Å². The predicted octanol–water partition coefficient (Wildman–Crippen LogP) is 3.15. The minimum absolute atomic E-state index is 0.147. The fraction of sp³-hybridized carbons (Fsp3) is 0.320. The van der Waals surface area contributed by atoms with E-state index in [2.05, 4.69) is 9.89 Å². The van der Waals surface area contributed by atoms with Crippen LogP contribution in [0.5, 0.6) is 0 Å². The van der Waals surface area contributed by atoms with Crippen LogP contribution in [0, 0.1) is 0 Å². The minimum Gasteiger partial charge on any atom is -0.457 e. The Balaban J connectivity index is 1.66. The number of carbonyl (C=O) groups excluding carboxylic acids is 2. The van der Waals surface area contributed by atoms with Crippen molar-refractivity contribution in [3.8, 4) is 11.4 Å². The summed E-state index contributed by atoms with van der Waals surface area (Å²) in [5.41, 5.74) is 3.59. The molecule has 2 aromatic heterocycles. The van der Waals surface area contributed by atoms with Gasteiger partial charge in [-0.05, 0) is 31.5 Å². The Morgan fingerprint density at radius 2 is 2.06 bits per heavy atom. The van der Waals surface area contributed by atoms with Crippen molar-refractivity contribution in [2.75, 3.05) is 11.4 Å². The minimum atomic E-state index is -1.66. The van der Waals surface area contributed by atoms with Crippen molar-refractivity contribution in [2.45, 2.75) is 45.9 Å². The summed E-state index contributed by atoms with van der Waals surface area (Å²) >= 11 is 0. The molecule has 0 bridgehead atoms. The molecule has 0 radical (unpaired) electrons.